The Balaban J connectivity index is 1.71. The molecular formula is C19H30N4O2S. The van der Waals surface area contributed by atoms with E-state index in [0.717, 1.165) is 41.9 Å². The average Bonchev–Trinajstić information content (AvgIpc) is 3.26. The van der Waals surface area contributed by atoms with E-state index in [2.05, 4.69) is 53.7 Å². The third-order valence-corrected chi connectivity index (χ3v) is 4.84. The van der Waals surface area contributed by atoms with Gasteiger partial charge in [-0.15, -0.1) is 11.3 Å². The average molecular weight is 379 g/mol. The highest BCUT2D eigenvalue weighted by molar-refractivity contribution is 7.09. The van der Waals surface area contributed by atoms with Crippen molar-refractivity contribution in [2.45, 2.75) is 52.7 Å². The molecule has 2 aromatic heterocycles. The first-order valence-electron chi connectivity index (χ1n) is 9.06. The number of nitrogens with one attached hydrogen (secondary N) is 2. The van der Waals surface area contributed by atoms with Gasteiger partial charge in [-0.05, 0) is 25.5 Å². The zero-order chi connectivity index (χ0) is 18.8. The highest BCUT2D eigenvalue weighted by Crippen LogP contribution is 2.25. The third kappa shape index (κ3) is 7.17. The summed E-state index contributed by atoms with van der Waals surface area (Å²) in [5.74, 6) is 1.66. The Morgan fingerprint density at radius 1 is 1.35 bits per heavy atom. The predicted molar refractivity (Wildman–Crippen MR) is 107 cm³/mol. The van der Waals surface area contributed by atoms with Crippen LogP contribution in [0.5, 0.6) is 0 Å². The minimum absolute atomic E-state index is 0.0883. The number of rotatable bonds is 9. The molecule has 0 bridgehead atoms. The van der Waals surface area contributed by atoms with Crippen LogP contribution in [0.1, 0.15) is 50.6 Å². The van der Waals surface area contributed by atoms with Crippen molar-refractivity contribution in [3.8, 4) is 0 Å². The first-order valence-corrected chi connectivity index (χ1v) is 9.94. The highest BCUT2D eigenvalue weighted by atomic mass is 32.1. The molecule has 0 fully saturated rings. The molecule has 2 heterocycles. The molecule has 0 unspecified atom stereocenters. The van der Waals surface area contributed by atoms with E-state index in [4.69, 9.17) is 9.15 Å². The van der Waals surface area contributed by atoms with Crippen LogP contribution < -0.4 is 10.6 Å². The van der Waals surface area contributed by atoms with Gasteiger partial charge in [-0.1, -0.05) is 20.8 Å². The highest BCUT2D eigenvalue weighted by Gasteiger charge is 2.17. The summed E-state index contributed by atoms with van der Waals surface area (Å²) < 4.78 is 10.8. The first-order chi connectivity index (χ1) is 12.5. The van der Waals surface area contributed by atoms with Gasteiger partial charge in [-0.2, -0.15) is 0 Å². The molecule has 0 amide bonds. The Kier molecular flexibility index (Phi) is 8.12. The summed E-state index contributed by atoms with van der Waals surface area (Å²) in [6, 6.07) is 3.78. The number of guanidine groups is 1. The van der Waals surface area contributed by atoms with E-state index in [-0.39, 0.29) is 5.41 Å². The van der Waals surface area contributed by atoms with Gasteiger partial charge in [0.15, 0.2) is 5.96 Å². The summed E-state index contributed by atoms with van der Waals surface area (Å²) in [4.78, 5) is 9.31. The van der Waals surface area contributed by atoms with Crippen molar-refractivity contribution >= 4 is 17.3 Å². The molecule has 2 rings (SSSR count). The Labute approximate surface area is 160 Å². The summed E-state index contributed by atoms with van der Waals surface area (Å²) >= 11 is 1.70. The van der Waals surface area contributed by atoms with Crippen molar-refractivity contribution < 1.29 is 9.15 Å². The molecule has 0 saturated heterocycles. The van der Waals surface area contributed by atoms with Gasteiger partial charge in [-0.25, -0.2) is 9.98 Å². The number of ether oxygens (including phenoxy) is 1. The molecule has 144 valence electrons. The second-order valence-corrected chi connectivity index (χ2v) is 7.86. The van der Waals surface area contributed by atoms with E-state index >= 15 is 0 Å². The normalized spacial score (nSPS) is 12.4. The molecule has 0 spiro atoms. The summed E-state index contributed by atoms with van der Waals surface area (Å²) in [6.07, 6.45) is 2.56. The van der Waals surface area contributed by atoms with Crippen molar-refractivity contribution in [2.24, 2.45) is 4.99 Å². The molecule has 0 aromatic carbocycles. The van der Waals surface area contributed by atoms with Crippen LogP contribution in [-0.4, -0.2) is 30.6 Å². The van der Waals surface area contributed by atoms with Crippen LogP contribution in [0.4, 0.5) is 0 Å². The van der Waals surface area contributed by atoms with Gasteiger partial charge >= 0.3 is 0 Å². The smallest absolute Gasteiger partial charge is 0.191 e. The lowest BCUT2D eigenvalue weighted by Crippen LogP contribution is -2.38. The maximum Gasteiger partial charge on any atom is 0.191 e. The van der Waals surface area contributed by atoms with E-state index < -0.39 is 0 Å². The summed E-state index contributed by atoms with van der Waals surface area (Å²) in [7, 11) is 0. The van der Waals surface area contributed by atoms with Crippen LogP contribution in [0.3, 0.4) is 0 Å². The Bertz CT molecular complexity index is 659. The van der Waals surface area contributed by atoms with Crippen LogP contribution in [-0.2, 0) is 23.3 Å². The van der Waals surface area contributed by atoms with Gasteiger partial charge in [0.2, 0.25) is 0 Å². The summed E-state index contributed by atoms with van der Waals surface area (Å²) in [5, 5.41) is 9.84. The SMILES string of the molecule is CCNC(=NCc1csc(C(C)(C)C)n1)NCCCOCc1ccco1. The van der Waals surface area contributed by atoms with Gasteiger partial charge < -0.3 is 19.8 Å². The molecule has 7 heteroatoms. The monoisotopic (exact) mass is 378 g/mol. The van der Waals surface area contributed by atoms with Crippen molar-refractivity contribution in [1.82, 2.24) is 15.6 Å². The van der Waals surface area contributed by atoms with Gasteiger partial charge in [0.05, 0.1) is 23.5 Å². The first kappa shape index (κ1) is 20.5. The molecule has 2 aromatic rings. The van der Waals surface area contributed by atoms with Gasteiger partial charge in [-0.3, -0.25) is 0 Å². The van der Waals surface area contributed by atoms with Crippen LogP contribution in [0, 0.1) is 0 Å². The number of hydrogen-bond donors (Lipinski definition) is 2. The molecule has 26 heavy (non-hydrogen) atoms. The Hall–Kier alpha value is -1.86. The number of hydrogen-bond acceptors (Lipinski definition) is 5. The van der Waals surface area contributed by atoms with Crippen LogP contribution in [0.15, 0.2) is 33.2 Å². The zero-order valence-corrected chi connectivity index (χ0v) is 17.0. The van der Waals surface area contributed by atoms with E-state index in [9.17, 15) is 0 Å². The maximum atomic E-state index is 5.58. The maximum absolute atomic E-state index is 5.58. The molecule has 0 aliphatic rings. The lowest BCUT2D eigenvalue weighted by Gasteiger charge is -2.13. The minimum Gasteiger partial charge on any atom is -0.467 e. The van der Waals surface area contributed by atoms with Gasteiger partial charge in [0.1, 0.15) is 12.4 Å². The van der Waals surface area contributed by atoms with Crippen molar-refractivity contribution in [2.75, 3.05) is 19.7 Å². The number of aliphatic imine (C=N–C) groups is 1. The molecular weight excluding hydrogens is 348 g/mol. The Morgan fingerprint density at radius 3 is 2.85 bits per heavy atom. The molecule has 2 N–H and O–H groups in total. The lowest BCUT2D eigenvalue weighted by molar-refractivity contribution is 0.105. The predicted octanol–water partition coefficient (Wildman–Crippen LogP) is 3.70. The number of thiazole rings is 1. The molecule has 0 atom stereocenters. The molecule has 0 aliphatic carbocycles. The largest absolute Gasteiger partial charge is 0.467 e. The van der Waals surface area contributed by atoms with E-state index in [0.29, 0.717) is 19.8 Å². The zero-order valence-electron chi connectivity index (χ0n) is 16.2. The third-order valence-electron chi connectivity index (χ3n) is 3.52. The van der Waals surface area contributed by atoms with Crippen molar-refractivity contribution in [3.63, 3.8) is 0 Å². The van der Waals surface area contributed by atoms with Crippen LogP contribution >= 0.6 is 11.3 Å². The van der Waals surface area contributed by atoms with Crippen LogP contribution in [0.25, 0.3) is 0 Å². The quantitative estimate of drug-likeness (QED) is 0.395. The second-order valence-electron chi connectivity index (χ2n) is 7.00. The fraction of sp³-hybridized carbons (Fsp3) is 0.579. The topological polar surface area (TPSA) is 71.7 Å². The lowest BCUT2D eigenvalue weighted by atomic mass is 9.98. The molecule has 6 nitrogen and oxygen atoms in total. The number of nitrogens with zero attached hydrogens (tertiary/aromatic N) is 2. The molecule has 0 aliphatic heterocycles. The van der Waals surface area contributed by atoms with E-state index in [1.807, 2.05) is 12.1 Å². The van der Waals surface area contributed by atoms with E-state index in [1.54, 1.807) is 17.6 Å². The fourth-order valence-corrected chi connectivity index (χ4v) is 3.07. The van der Waals surface area contributed by atoms with E-state index in [1.165, 1.54) is 0 Å². The molecule has 0 saturated carbocycles. The molecule has 0 radical (unpaired) electrons. The van der Waals surface area contributed by atoms with Crippen molar-refractivity contribution in [3.05, 3.63) is 40.2 Å². The Morgan fingerprint density at radius 2 is 2.19 bits per heavy atom. The number of aromatic nitrogens is 1. The van der Waals surface area contributed by atoms with Gasteiger partial charge in [0.25, 0.3) is 0 Å². The fourth-order valence-electron chi connectivity index (χ4n) is 2.17. The van der Waals surface area contributed by atoms with Crippen molar-refractivity contribution in [1.29, 1.82) is 0 Å². The second kappa shape index (κ2) is 10.3. The van der Waals surface area contributed by atoms with Gasteiger partial charge in [0, 0.05) is 30.5 Å². The standard InChI is InChI=1S/C19H30N4O2S/c1-5-20-18(21-9-7-10-24-13-16-8-6-11-25-16)22-12-15-14-26-17(23-15)19(2,3)4/h6,8,11,14H,5,7,9-10,12-13H2,1-4H3,(H2,20,21,22). The number of furan rings is 1. The minimum atomic E-state index is 0.0883. The summed E-state index contributed by atoms with van der Waals surface area (Å²) in [5.41, 5.74) is 1.10. The van der Waals surface area contributed by atoms with Crippen LogP contribution in [0.2, 0.25) is 0 Å². The summed E-state index contributed by atoms with van der Waals surface area (Å²) in [6.45, 7) is 12.0.